The molecule has 0 radical (unpaired) electrons. The second-order valence-corrected chi connectivity index (χ2v) is 11.9. The number of furan rings is 1. The van der Waals surface area contributed by atoms with Crippen LogP contribution in [0.4, 0.5) is 0 Å². The number of pyridine rings is 1. The van der Waals surface area contributed by atoms with Gasteiger partial charge in [0.1, 0.15) is 23.4 Å². The summed E-state index contributed by atoms with van der Waals surface area (Å²) < 4.78 is 28.6. The molecule has 0 aliphatic carbocycles. The first kappa shape index (κ1) is 26.9. The maximum atomic E-state index is 13.1. The SMILES string of the molecule is CS(=O)(=O)c1ccc(C[C@@H](C=O)NC(=O)c2c(Cl)cc3c(c2Cl)CCN(C(=O)c2cc4cccnc4[nH]2)C3)o1. The number of nitrogens with one attached hydrogen (secondary N) is 2. The van der Waals surface area contributed by atoms with E-state index in [0.29, 0.717) is 41.7 Å². The van der Waals surface area contributed by atoms with Gasteiger partial charge in [0, 0.05) is 37.3 Å². The average molecular weight is 589 g/mol. The largest absolute Gasteiger partial charge is 0.450 e. The molecule has 13 heteroatoms. The molecular weight excluding hydrogens is 567 g/mol. The van der Waals surface area contributed by atoms with Crippen LogP contribution in [-0.4, -0.2) is 60.2 Å². The first-order chi connectivity index (χ1) is 18.5. The molecule has 0 saturated carbocycles. The van der Waals surface area contributed by atoms with Gasteiger partial charge in [-0.1, -0.05) is 23.2 Å². The number of H-pyrrole nitrogens is 1. The lowest BCUT2D eigenvalue weighted by Gasteiger charge is -2.30. The van der Waals surface area contributed by atoms with Crippen molar-refractivity contribution in [3.63, 3.8) is 0 Å². The number of benzene rings is 1. The molecule has 0 spiro atoms. The van der Waals surface area contributed by atoms with Crippen LogP contribution in [0.5, 0.6) is 0 Å². The first-order valence-electron chi connectivity index (χ1n) is 11.8. The molecule has 0 fully saturated rings. The molecule has 1 atom stereocenters. The topological polar surface area (TPSA) is 142 Å². The quantitative estimate of drug-likeness (QED) is 0.314. The van der Waals surface area contributed by atoms with Crippen LogP contribution in [0.25, 0.3) is 11.0 Å². The van der Waals surface area contributed by atoms with E-state index in [4.69, 9.17) is 27.6 Å². The minimum atomic E-state index is -3.55. The third-order valence-corrected chi connectivity index (χ3v) is 8.11. The second kappa shape index (κ2) is 10.5. The van der Waals surface area contributed by atoms with Gasteiger partial charge >= 0.3 is 0 Å². The number of aromatic nitrogens is 2. The molecule has 2 amide bonds. The molecule has 2 N–H and O–H groups in total. The Morgan fingerprint density at radius 1 is 1.26 bits per heavy atom. The number of fused-ring (bicyclic) bond motifs is 2. The standard InChI is InChI=1S/C26H22Cl2N4O6S/c1-39(36,37)21-5-4-17(38-21)11-16(13-33)30-25(34)22-19(27)9-15-12-32(8-6-18(15)23(22)28)26(35)20-10-14-3-2-7-29-24(14)31-20/h2-5,7,9-10,13,16H,6,8,11-12H2,1H3,(H,29,31)(H,30,34)/t16-/m0/s1. The maximum Gasteiger partial charge on any atom is 0.270 e. The van der Waals surface area contributed by atoms with Crippen molar-refractivity contribution in [1.29, 1.82) is 0 Å². The summed E-state index contributed by atoms with van der Waals surface area (Å²) in [5.74, 6) is -0.645. The molecule has 1 aliphatic rings. The van der Waals surface area contributed by atoms with E-state index in [1.807, 2.05) is 6.07 Å². The van der Waals surface area contributed by atoms with Crippen molar-refractivity contribution in [2.75, 3.05) is 12.8 Å². The van der Waals surface area contributed by atoms with Crippen LogP contribution < -0.4 is 5.32 Å². The van der Waals surface area contributed by atoms with Crippen molar-refractivity contribution in [3.05, 3.63) is 80.8 Å². The number of aldehydes is 1. The fourth-order valence-electron chi connectivity index (χ4n) is 4.53. The number of halogens is 2. The Kier molecular flexibility index (Phi) is 7.23. The molecule has 202 valence electrons. The predicted molar refractivity (Wildman–Crippen MR) is 144 cm³/mol. The monoisotopic (exact) mass is 588 g/mol. The predicted octanol–water partition coefficient (Wildman–Crippen LogP) is 3.60. The molecule has 4 aromatic rings. The number of aromatic amines is 1. The zero-order valence-electron chi connectivity index (χ0n) is 20.5. The molecule has 39 heavy (non-hydrogen) atoms. The number of rotatable bonds is 7. The van der Waals surface area contributed by atoms with Gasteiger partial charge < -0.3 is 24.4 Å². The smallest absolute Gasteiger partial charge is 0.270 e. The highest BCUT2D eigenvalue weighted by Gasteiger charge is 2.29. The van der Waals surface area contributed by atoms with Gasteiger partial charge in [0.25, 0.3) is 11.8 Å². The van der Waals surface area contributed by atoms with Crippen molar-refractivity contribution in [2.24, 2.45) is 0 Å². The van der Waals surface area contributed by atoms with Crippen molar-refractivity contribution in [2.45, 2.75) is 30.5 Å². The number of nitrogens with zero attached hydrogens (tertiary/aromatic N) is 2. The third kappa shape index (κ3) is 5.42. The summed E-state index contributed by atoms with van der Waals surface area (Å²) in [6, 6.07) is 8.71. The summed E-state index contributed by atoms with van der Waals surface area (Å²) in [6.45, 7) is 0.617. The van der Waals surface area contributed by atoms with Crippen LogP contribution in [0, 0.1) is 0 Å². The zero-order valence-corrected chi connectivity index (χ0v) is 22.9. The molecule has 1 aromatic carbocycles. The Labute approximate surface area is 233 Å². The van der Waals surface area contributed by atoms with Gasteiger partial charge in [0.05, 0.1) is 21.7 Å². The second-order valence-electron chi connectivity index (χ2n) is 9.20. The Hall–Kier alpha value is -3.67. The molecule has 0 bridgehead atoms. The van der Waals surface area contributed by atoms with E-state index in [1.54, 1.807) is 29.3 Å². The van der Waals surface area contributed by atoms with Gasteiger partial charge in [-0.15, -0.1) is 0 Å². The van der Waals surface area contributed by atoms with E-state index < -0.39 is 21.8 Å². The van der Waals surface area contributed by atoms with E-state index in [1.165, 1.54) is 12.1 Å². The zero-order chi connectivity index (χ0) is 27.9. The summed E-state index contributed by atoms with van der Waals surface area (Å²) in [4.78, 5) is 46.8. The molecule has 3 aromatic heterocycles. The van der Waals surface area contributed by atoms with Gasteiger partial charge in [-0.25, -0.2) is 13.4 Å². The number of hydrogen-bond donors (Lipinski definition) is 2. The fraction of sp³-hybridized carbons (Fsp3) is 0.231. The fourth-order valence-corrected chi connectivity index (χ4v) is 5.87. The lowest BCUT2D eigenvalue weighted by molar-refractivity contribution is -0.109. The van der Waals surface area contributed by atoms with Crippen molar-refractivity contribution in [1.82, 2.24) is 20.2 Å². The van der Waals surface area contributed by atoms with Gasteiger partial charge in [0.2, 0.25) is 14.9 Å². The lowest BCUT2D eigenvalue weighted by Crippen LogP contribution is -2.39. The Balaban J connectivity index is 1.32. The Bertz CT molecular complexity index is 1700. The first-order valence-corrected chi connectivity index (χ1v) is 14.5. The molecule has 0 saturated heterocycles. The molecule has 5 rings (SSSR count). The minimum Gasteiger partial charge on any atom is -0.450 e. The number of hydrogen-bond acceptors (Lipinski definition) is 7. The summed E-state index contributed by atoms with van der Waals surface area (Å²) in [7, 11) is -3.55. The number of amides is 2. The van der Waals surface area contributed by atoms with Crippen LogP contribution in [0.1, 0.15) is 37.7 Å². The summed E-state index contributed by atoms with van der Waals surface area (Å²) in [6.07, 6.45) is 3.50. The van der Waals surface area contributed by atoms with Crippen LogP contribution in [0.3, 0.4) is 0 Å². The average Bonchev–Trinajstić information content (AvgIpc) is 3.55. The number of carbonyl (C=O) groups is 3. The highest BCUT2D eigenvalue weighted by molar-refractivity contribution is 7.90. The van der Waals surface area contributed by atoms with E-state index in [0.717, 1.165) is 11.6 Å². The van der Waals surface area contributed by atoms with E-state index in [2.05, 4.69) is 15.3 Å². The summed E-state index contributed by atoms with van der Waals surface area (Å²) in [5, 5.41) is 3.39. The van der Waals surface area contributed by atoms with Crippen LogP contribution >= 0.6 is 23.2 Å². The van der Waals surface area contributed by atoms with Gasteiger partial charge in [-0.05, 0) is 53.9 Å². The summed E-state index contributed by atoms with van der Waals surface area (Å²) in [5.41, 5.74) is 2.46. The van der Waals surface area contributed by atoms with Gasteiger partial charge in [-0.3, -0.25) is 9.59 Å². The van der Waals surface area contributed by atoms with Crippen LogP contribution in [0.2, 0.25) is 10.0 Å². The number of sulfone groups is 1. The normalized spacial score (nSPS) is 14.2. The van der Waals surface area contributed by atoms with E-state index in [-0.39, 0.29) is 45.3 Å². The molecule has 10 nitrogen and oxygen atoms in total. The third-order valence-electron chi connectivity index (χ3n) is 6.45. The van der Waals surface area contributed by atoms with Crippen LogP contribution in [-0.2, 0) is 34.0 Å². The van der Waals surface area contributed by atoms with Crippen molar-refractivity contribution in [3.8, 4) is 0 Å². The van der Waals surface area contributed by atoms with Gasteiger partial charge in [-0.2, -0.15) is 0 Å². The molecule has 0 unspecified atom stereocenters. The van der Waals surface area contributed by atoms with E-state index >= 15 is 0 Å². The number of carbonyl (C=O) groups excluding carboxylic acids is 3. The van der Waals surface area contributed by atoms with Crippen molar-refractivity contribution >= 4 is 62.2 Å². The minimum absolute atomic E-state index is 0.0154. The highest BCUT2D eigenvalue weighted by atomic mass is 35.5. The van der Waals surface area contributed by atoms with Crippen LogP contribution in [0.15, 0.2) is 52.1 Å². The highest BCUT2D eigenvalue weighted by Crippen LogP contribution is 2.35. The Morgan fingerprint density at radius 2 is 2.05 bits per heavy atom. The molecular formula is C26H22Cl2N4O6S. The molecule has 1 aliphatic heterocycles. The molecule has 4 heterocycles. The Morgan fingerprint density at radius 3 is 2.74 bits per heavy atom. The van der Waals surface area contributed by atoms with E-state index in [9.17, 15) is 22.8 Å². The summed E-state index contributed by atoms with van der Waals surface area (Å²) >= 11 is 13.1. The lowest BCUT2D eigenvalue weighted by atomic mass is 9.96. The maximum absolute atomic E-state index is 13.1. The van der Waals surface area contributed by atoms with Gasteiger partial charge in [0.15, 0.2) is 0 Å². The van der Waals surface area contributed by atoms with Crippen molar-refractivity contribution < 1.29 is 27.2 Å².